The average Bonchev–Trinajstić information content (AvgIpc) is 2.77. The van der Waals surface area contributed by atoms with Crippen molar-refractivity contribution in [2.24, 2.45) is 0 Å². The Labute approximate surface area is 123 Å². The normalized spacial score (nSPS) is 13.9. The molecule has 21 heavy (non-hydrogen) atoms. The number of carbonyl (C=O) groups is 1. The van der Waals surface area contributed by atoms with Crippen LogP contribution < -0.4 is 5.32 Å². The Bertz CT molecular complexity index is 825. The number of anilines is 1. The van der Waals surface area contributed by atoms with Crippen LogP contribution in [0, 0.1) is 6.92 Å². The first-order valence-corrected chi connectivity index (χ1v) is 8.30. The molecule has 0 bridgehead atoms. The van der Waals surface area contributed by atoms with Gasteiger partial charge in [0.1, 0.15) is 0 Å². The first kappa shape index (κ1) is 13.8. The Morgan fingerprint density at radius 1 is 1.14 bits per heavy atom. The molecule has 0 fully saturated rings. The molecule has 1 aliphatic heterocycles. The van der Waals surface area contributed by atoms with Gasteiger partial charge in [-0.2, -0.15) is 0 Å². The molecule has 0 unspecified atom stereocenters. The van der Waals surface area contributed by atoms with E-state index in [0.717, 1.165) is 16.8 Å². The maximum atomic E-state index is 12.4. The first-order chi connectivity index (χ1) is 9.94. The summed E-state index contributed by atoms with van der Waals surface area (Å²) in [6.45, 7) is 1.87. The van der Waals surface area contributed by atoms with Crippen LogP contribution in [0.5, 0.6) is 0 Å². The molecule has 5 heteroatoms. The second kappa shape index (κ2) is 5.00. The number of rotatable bonds is 3. The van der Waals surface area contributed by atoms with Crippen molar-refractivity contribution in [2.75, 3.05) is 5.32 Å². The van der Waals surface area contributed by atoms with E-state index in [0.29, 0.717) is 16.9 Å². The van der Waals surface area contributed by atoms with E-state index in [1.165, 1.54) is 0 Å². The summed E-state index contributed by atoms with van der Waals surface area (Å²) in [5, 5.41) is 2.74. The summed E-state index contributed by atoms with van der Waals surface area (Å²) in [6.07, 6.45) is 0.313. The van der Waals surface area contributed by atoms with Gasteiger partial charge in [0.25, 0.3) is 0 Å². The number of carbonyl (C=O) groups excluding carboxylic acids is 1. The molecular weight excluding hydrogens is 286 g/mol. The van der Waals surface area contributed by atoms with E-state index in [4.69, 9.17) is 0 Å². The summed E-state index contributed by atoms with van der Waals surface area (Å²) in [5.41, 5.74) is 3.25. The average molecular weight is 301 g/mol. The maximum absolute atomic E-state index is 12.4. The van der Waals surface area contributed by atoms with Gasteiger partial charge in [-0.3, -0.25) is 4.79 Å². The van der Waals surface area contributed by atoms with Gasteiger partial charge >= 0.3 is 0 Å². The molecule has 0 radical (unpaired) electrons. The number of benzene rings is 2. The molecule has 108 valence electrons. The molecule has 2 aromatic carbocycles. The van der Waals surface area contributed by atoms with Crippen molar-refractivity contribution >= 4 is 21.4 Å². The van der Waals surface area contributed by atoms with Crippen molar-refractivity contribution < 1.29 is 13.2 Å². The molecule has 0 aliphatic carbocycles. The van der Waals surface area contributed by atoms with Gasteiger partial charge in [0.2, 0.25) is 5.91 Å². The standard InChI is InChI=1S/C16H15NO3S/c1-11-3-2-4-14(7-11)21(19,20)10-12-5-6-15-13(8-12)9-16(18)17-15/h2-8H,9-10H2,1H3,(H,17,18). The van der Waals surface area contributed by atoms with Crippen molar-refractivity contribution in [1.82, 2.24) is 0 Å². The molecule has 4 nitrogen and oxygen atoms in total. The topological polar surface area (TPSA) is 63.2 Å². The molecule has 1 heterocycles. The zero-order valence-corrected chi connectivity index (χ0v) is 12.4. The van der Waals surface area contributed by atoms with Crippen molar-refractivity contribution in [3.05, 3.63) is 59.2 Å². The van der Waals surface area contributed by atoms with E-state index < -0.39 is 9.84 Å². The third-order valence-electron chi connectivity index (χ3n) is 3.50. The zero-order chi connectivity index (χ0) is 15.0. The Hall–Kier alpha value is -2.14. The van der Waals surface area contributed by atoms with E-state index in [1.54, 1.807) is 36.4 Å². The van der Waals surface area contributed by atoms with Crippen molar-refractivity contribution in [2.45, 2.75) is 24.0 Å². The molecule has 1 amide bonds. The third-order valence-corrected chi connectivity index (χ3v) is 5.19. The minimum absolute atomic E-state index is 0.0521. The fourth-order valence-electron chi connectivity index (χ4n) is 2.48. The predicted molar refractivity (Wildman–Crippen MR) is 80.8 cm³/mol. The highest BCUT2D eigenvalue weighted by molar-refractivity contribution is 7.90. The maximum Gasteiger partial charge on any atom is 0.228 e. The summed E-state index contributed by atoms with van der Waals surface area (Å²) in [4.78, 5) is 11.7. The quantitative estimate of drug-likeness (QED) is 0.947. The Morgan fingerprint density at radius 2 is 1.95 bits per heavy atom. The highest BCUT2D eigenvalue weighted by atomic mass is 32.2. The van der Waals surface area contributed by atoms with Gasteiger partial charge in [0.05, 0.1) is 17.1 Å². The summed E-state index contributed by atoms with van der Waals surface area (Å²) in [6, 6.07) is 12.2. The van der Waals surface area contributed by atoms with Crippen LogP contribution in [0.15, 0.2) is 47.4 Å². The Balaban J connectivity index is 1.90. The molecule has 0 aromatic heterocycles. The molecule has 2 aromatic rings. The second-order valence-corrected chi connectivity index (χ2v) is 7.28. The van der Waals surface area contributed by atoms with Crippen LogP contribution in [-0.4, -0.2) is 14.3 Å². The number of aryl methyl sites for hydroxylation is 1. The summed E-state index contributed by atoms with van der Waals surface area (Å²) in [5.74, 6) is -0.110. The van der Waals surface area contributed by atoms with Crippen LogP contribution in [0.2, 0.25) is 0 Å². The first-order valence-electron chi connectivity index (χ1n) is 6.65. The Morgan fingerprint density at radius 3 is 2.71 bits per heavy atom. The van der Waals surface area contributed by atoms with Crippen LogP contribution in [-0.2, 0) is 26.8 Å². The smallest absolute Gasteiger partial charge is 0.228 e. The van der Waals surface area contributed by atoms with Gasteiger partial charge in [-0.05, 0) is 41.8 Å². The number of hydrogen-bond acceptors (Lipinski definition) is 3. The van der Waals surface area contributed by atoms with Crippen LogP contribution >= 0.6 is 0 Å². The number of nitrogens with one attached hydrogen (secondary N) is 1. The molecular formula is C16H15NO3S. The van der Waals surface area contributed by atoms with Crippen molar-refractivity contribution in [1.29, 1.82) is 0 Å². The van der Waals surface area contributed by atoms with Gasteiger partial charge in [-0.25, -0.2) is 8.42 Å². The van der Waals surface area contributed by atoms with Gasteiger partial charge in [-0.1, -0.05) is 24.3 Å². The fourth-order valence-corrected chi connectivity index (χ4v) is 3.92. The number of amides is 1. The van der Waals surface area contributed by atoms with Crippen LogP contribution in [0.4, 0.5) is 5.69 Å². The van der Waals surface area contributed by atoms with E-state index in [-0.39, 0.29) is 11.7 Å². The largest absolute Gasteiger partial charge is 0.326 e. The van der Waals surface area contributed by atoms with Crippen LogP contribution in [0.25, 0.3) is 0 Å². The molecule has 3 rings (SSSR count). The lowest BCUT2D eigenvalue weighted by molar-refractivity contribution is -0.115. The fraction of sp³-hybridized carbons (Fsp3) is 0.188. The number of sulfone groups is 1. The van der Waals surface area contributed by atoms with Crippen LogP contribution in [0.3, 0.4) is 0 Å². The number of hydrogen-bond donors (Lipinski definition) is 1. The monoisotopic (exact) mass is 301 g/mol. The lowest BCUT2D eigenvalue weighted by Gasteiger charge is -2.07. The lowest BCUT2D eigenvalue weighted by Crippen LogP contribution is -2.05. The summed E-state index contributed by atoms with van der Waals surface area (Å²) >= 11 is 0. The molecule has 0 saturated carbocycles. The molecule has 1 N–H and O–H groups in total. The van der Waals surface area contributed by atoms with Gasteiger partial charge in [0, 0.05) is 5.69 Å². The molecule has 0 saturated heterocycles. The molecule has 1 aliphatic rings. The van der Waals surface area contributed by atoms with E-state index in [2.05, 4.69) is 5.32 Å². The van der Waals surface area contributed by atoms with Gasteiger partial charge < -0.3 is 5.32 Å². The highest BCUT2D eigenvalue weighted by Crippen LogP contribution is 2.26. The van der Waals surface area contributed by atoms with Gasteiger partial charge in [-0.15, -0.1) is 0 Å². The van der Waals surface area contributed by atoms with Crippen molar-refractivity contribution in [3.63, 3.8) is 0 Å². The van der Waals surface area contributed by atoms with E-state index in [1.807, 2.05) is 13.0 Å². The SMILES string of the molecule is Cc1cccc(S(=O)(=O)Cc2ccc3c(c2)CC(=O)N3)c1. The summed E-state index contributed by atoms with van der Waals surface area (Å²) < 4.78 is 24.9. The van der Waals surface area contributed by atoms with E-state index >= 15 is 0 Å². The molecule has 0 spiro atoms. The highest BCUT2D eigenvalue weighted by Gasteiger charge is 2.20. The van der Waals surface area contributed by atoms with E-state index in [9.17, 15) is 13.2 Å². The van der Waals surface area contributed by atoms with Crippen LogP contribution in [0.1, 0.15) is 16.7 Å². The second-order valence-electron chi connectivity index (χ2n) is 5.29. The minimum Gasteiger partial charge on any atom is -0.326 e. The van der Waals surface area contributed by atoms with Gasteiger partial charge in [0.15, 0.2) is 9.84 Å². The third kappa shape index (κ3) is 2.83. The zero-order valence-electron chi connectivity index (χ0n) is 11.6. The Kier molecular flexibility index (Phi) is 3.29. The number of fused-ring (bicyclic) bond motifs is 1. The van der Waals surface area contributed by atoms with Crippen molar-refractivity contribution in [3.8, 4) is 0 Å². The predicted octanol–water partition coefficient (Wildman–Crippen LogP) is 2.46. The summed E-state index contributed by atoms with van der Waals surface area (Å²) in [7, 11) is -3.37. The molecule has 0 atom stereocenters. The lowest BCUT2D eigenvalue weighted by atomic mass is 10.1. The minimum atomic E-state index is -3.37.